The van der Waals surface area contributed by atoms with Gasteiger partial charge in [0.25, 0.3) is 0 Å². The molecule has 2 aromatic carbocycles. The lowest BCUT2D eigenvalue weighted by molar-refractivity contribution is -0.135. The number of hydrogen-bond acceptors (Lipinski definition) is 7. The normalized spacial score (nSPS) is 24.6. The number of rotatable bonds is 2. The van der Waals surface area contributed by atoms with E-state index < -0.39 is 29.2 Å². The zero-order valence-electron chi connectivity index (χ0n) is 22.0. The van der Waals surface area contributed by atoms with E-state index in [4.69, 9.17) is 9.47 Å². The summed E-state index contributed by atoms with van der Waals surface area (Å²) in [6, 6.07) is 8.30. The largest absolute Gasteiger partial charge is 0.414 e. The van der Waals surface area contributed by atoms with Crippen LogP contribution < -0.4 is 0 Å². The second kappa shape index (κ2) is 9.76. The molecule has 1 aliphatic carbocycles. The zero-order valence-corrected chi connectivity index (χ0v) is 22.8. The van der Waals surface area contributed by atoms with Gasteiger partial charge in [-0.25, -0.2) is 18.6 Å². The summed E-state index contributed by atoms with van der Waals surface area (Å²) in [5.41, 5.74) is 2.53. The van der Waals surface area contributed by atoms with Crippen molar-refractivity contribution in [3.05, 3.63) is 88.0 Å². The second-order valence-electron chi connectivity index (χ2n) is 10.6. The molecule has 10 heteroatoms. The van der Waals surface area contributed by atoms with Gasteiger partial charge in [0.2, 0.25) is 0 Å². The number of nitrogens with zero attached hydrogens (tertiary/aromatic N) is 3. The van der Waals surface area contributed by atoms with E-state index >= 15 is 4.39 Å². The Morgan fingerprint density at radius 2 is 1.97 bits per heavy atom. The summed E-state index contributed by atoms with van der Waals surface area (Å²) in [5.74, 6) is -1.42. The maximum atomic E-state index is 15.3. The first-order valence-electron chi connectivity index (χ1n) is 12.9. The highest BCUT2D eigenvalue weighted by atomic mass is 32.2. The molecule has 2 aromatic rings. The number of halogens is 2. The smallest absolute Gasteiger partial charge is 0.410 e. The third kappa shape index (κ3) is 4.34. The SMILES string of the molecule is Cc1cccc2c1SCc1c(ccc(F)c1F)C2N1CC2(CC2)C(=O)/C2=C(\OC(=O)N(C)C)COC/C=C\N21. The van der Waals surface area contributed by atoms with Gasteiger partial charge in [0.15, 0.2) is 23.2 Å². The molecule has 3 aliphatic heterocycles. The fourth-order valence-electron chi connectivity index (χ4n) is 5.54. The number of carbonyl (C=O) groups is 2. The van der Waals surface area contributed by atoms with E-state index in [2.05, 4.69) is 5.01 Å². The minimum absolute atomic E-state index is 0.0575. The van der Waals surface area contributed by atoms with E-state index in [1.165, 1.54) is 22.7 Å². The molecule has 1 unspecified atom stereocenters. The van der Waals surface area contributed by atoms with Gasteiger partial charge in [-0.1, -0.05) is 24.3 Å². The molecule has 0 aromatic heterocycles. The van der Waals surface area contributed by atoms with Crippen molar-refractivity contribution in [2.75, 3.05) is 33.9 Å². The zero-order chi connectivity index (χ0) is 27.5. The Morgan fingerprint density at radius 3 is 2.72 bits per heavy atom. The van der Waals surface area contributed by atoms with Crippen molar-refractivity contribution in [2.45, 2.75) is 36.5 Å². The average Bonchev–Trinajstić information content (AvgIpc) is 3.69. The lowest BCUT2D eigenvalue weighted by Gasteiger charge is -2.47. The van der Waals surface area contributed by atoms with E-state index in [0.717, 1.165) is 16.0 Å². The van der Waals surface area contributed by atoms with Crippen LogP contribution in [0, 0.1) is 24.0 Å². The maximum Gasteiger partial charge on any atom is 0.414 e. The van der Waals surface area contributed by atoms with Crippen LogP contribution in [0.25, 0.3) is 0 Å². The monoisotopic (exact) mass is 553 g/mol. The van der Waals surface area contributed by atoms with Gasteiger partial charge in [-0.2, -0.15) is 0 Å². The number of ketones is 1. The van der Waals surface area contributed by atoms with E-state index in [-0.39, 0.29) is 36.2 Å². The summed E-state index contributed by atoms with van der Waals surface area (Å²) in [5, 5.41) is 3.79. The van der Waals surface area contributed by atoms with Crippen LogP contribution in [-0.4, -0.2) is 60.6 Å². The molecule has 1 spiro atoms. The standard InChI is InChI=1S/C29H29F2N3O4S/c1-17-6-4-7-19-24(18-8-9-21(30)23(31)20(18)15-39-26(17)19)34-16-29(10-11-29)27(35)25-22(38-28(36)32(2)3)14-37-13-5-12-33(25)34/h4-9,12,24H,10-11,13-16H2,1-3H3/b12-5-,25-22+. The number of amides is 1. The molecule has 1 saturated heterocycles. The number of ether oxygens (including phenoxy) is 2. The Morgan fingerprint density at radius 1 is 1.18 bits per heavy atom. The van der Waals surface area contributed by atoms with Crippen molar-refractivity contribution in [1.29, 1.82) is 0 Å². The molecule has 204 valence electrons. The van der Waals surface area contributed by atoms with E-state index in [9.17, 15) is 14.0 Å². The molecule has 6 rings (SSSR count). The summed E-state index contributed by atoms with van der Waals surface area (Å²) in [6.07, 6.45) is 4.30. The van der Waals surface area contributed by atoms with Crippen LogP contribution in [0.4, 0.5) is 13.6 Å². The molecule has 0 bridgehead atoms. The van der Waals surface area contributed by atoms with Gasteiger partial charge in [0.1, 0.15) is 12.3 Å². The van der Waals surface area contributed by atoms with Crippen LogP contribution in [-0.2, 0) is 20.0 Å². The number of aryl methyl sites for hydroxylation is 1. The number of benzene rings is 2. The van der Waals surface area contributed by atoms with Crippen molar-refractivity contribution in [3.8, 4) is 0 Å². The highest BCUT2D eigenvalue weighted by Gasteiger charge is 2.59. The molecule has 39 heavy (non-hydrogen) atoms. The van der Waals surface area contributed by atoms with Gasteiger partial charge < -0.3 is 14.4 Å². The molecule has 1 saturated carbocycles. The van der Waals surface area contributed by atoms with Crippen LogP contribution in [0.15, 0.2) is 59.0 Å². The minimum atomic E-state index is -0.884. The van der Waals surface area contributed by atoms with Crippen molar-refractivity contribution < 1.29 is 27.8 Å². The van der Waals surface area contributed by atoms with Crippen LogP contribution >= 0.6 is 11.8 Å². The van der Waals surface area contributed by atoms with Crippen molar-refractivity contribution in [1.82, 2.24) is 14.9 Å². The molecular formula is C29H29F2N3O4S. The Bertz CT molecular complexity index is 1440. The van der Waals surface area contributed by atoms with Gasteiger partial charge in [-0.15, -0.1) is 11.8 Å². The summed E-state index contributed by atoms with van der Waals surface area (Å²) < 4.78 is 41.2. The summed E-state index contributed by atoms with van der Waals surface area (Å²) in [7, 11) is 3.14. The number of allylic oxidation sites excluding steroid dienone is 1. The molecule has 0 N–H and O–H groups in total. The molecule has 3 heterocycles. The number of hydrazine groups is 1. The molecule has 0 radical (unpaired) electrons. The van der Waals surface area contributed by atoms with Gasteiger partial charge in [-0.05, 0) is 48.6 Å². The van der Waals surface area contributed by atoms with Crippen molar-refractivity contribution in [3.63, 3.8) is 0 Å². The van der Waals surface area contributed by atoms with Crippen LogP contribution in [0.5, 0.6) is 0 Å². The molecule has 2 fully saturated rings. The first kappa shape index (κ1) is 26.0. The highest BCUT2D eigenvalue weighted by Crippen LogP contribution is 2.56. The molecular weight excluding hydrogens is 524 g/mol. The van der Waals surface area contributed by atoms with Crippen LogP contribution in [0.1, 0.15) is 41.1 Å². The summed E-state index contributed by atoms with van der Waals surface area (Å²) >= 11 is 1.49. The van der Waals surface area contributed by atoms with Crippen LogP contribution in [0.2, 0.25) is 0 Å². The second-order valence-corrected chi connectivity index (χ2v) is 11.6. The molecule has 7 nitrogen and oxygen atoms in total. The fourth-order valence-corrected chi connectivity index (χ4v) is 6.77. The van der Waals surface area contributed by atoms with E-state index in [1.807, 2.05) is 25.1 Å². The molecule has 1 amide bonds. The number of Topliss-reactive ketones (excluding diaryl/α,β-unsaturated/α-hetero) is 1. The van der Waals surface area contributed by atoms with Crippen LogP contribution in [0.3, 0.4) is 0 Å². The Kier molecular flexibility index (Phi) is 6.52. The van der Waals surface area contributed by atoms with Crippen molar-refractivity contribution >= 4 is 23.6 Å². The van der Waals surface area contributed by atoms with Gasteiger partial charge in [0.05, 0.1) is 18.1 Å². The quantitative estimate of drug-likeness (QED) is 0.500. The topological polar surface area (TPSA) is 62.3 Å². The molecule has 4 aliphatic rings. The fraction of sp³-hybridized carbons (Fsp3) is 0.379. The third-order valence-electron chi connectivity index (χ3n) is 7.78. The summed E-state index contributed by atoms with van der Waals surface area (Å²) in [4.78, 5) is 28.9. The van der Waals surface area contributed by atoms with E-state index in [1.54, 1.807) is 37.4 Å². The third-order valence-corrected chi connectivity index (χ3v) is 9.06. The first-order valence-corrected chi connectivity index (χ1v) is 13.9. The predicted molar refractivity (Wildman–Crippen MR) is 141 cm³/mol. The highest BCUT2D eigenvalue weighted by molar-refractivity contribution is 7.98. The Hall–Kier alpha value is -3.21. The predicted octanol–water partition coefficient (Wildman–Crippen LogP) is 5.30. The molecule has 1 atom stereocenters. The maximum absolute atomic E-state index is 15.3. The Labute approximate surface area is 230 Å². The van der Waals surface area contributed by atoms with Gasteiger partial charge >= 0.3 is 6.09 Å². The van der Waals surface area contributed by atoms with Gasteiger partial charge in [-0.3, -0.25) is 9.80 Å². The summed E-state index contributed by atoms with van der Waals surface area (Å²) in [6.45, 7) is 2.58. The average molecular weight is 554 g/mol. The Balaban J connectivity index is 1.58. The minimum Gasteiger partial charge on any atom is -0.410 e. The van der Waals surface area contributed by atoms with E-state index in [0.29, 0.717) is 30.5 Å². The van der Waals surface area contributed by atoms with Gasteiger partial charge in [0, 0.05) is 43.1 Å². The van der Waals surface area contributed by atoms with Crippen molar-refractivity contribution in [2.24, 2.45) is 5.41 Å². The number of carbonyl (C=O) groups excluding carboxylic acids is 2. The lowest BCUT2D eigenvalue weighted by atomic mass is 9.88. The first-order chi connectivity index (χ1) is 18.7. The lowest BCUT2D eigenvalue weighted by Crippen LogP contribution is -2.54. The number of hydrogen-bond donors (Lipinski definition) is 0. The number of thioether (sulfide) groups is 1. The number of fused-ring (bicyclic) bond motifs is 3.